The van der Waals surface area contributed by atoms with Gasteiger partial charge < -0.3 is 10.2 Å². The molecular formula is C8H16N2O3S. The summed E-state index contributed by atoms with van der Waals surface area (Å²) in [5.74, 6) is -0.00653. The van der Waals surface area contributed by atoms with Crippen molar-refractivity contribution in [2.75, 3.05) is 25.1 Å². The van der Waals surface area contributed by atoms with Gasteiger partial charge in [0.15, 0.2) is 0 Å². The van der Waals surface area contributed by atoms with E-state index in [-0.39, 0.29) is 11.8 Å². The summed E-state index contributed by atoms with van der Waals surface area (Å²) in [6.07, 6.45) is 1.18. The molecule has 0 aromatic rings. The largest absolute Gasteiger partial charge is 0.336 e. The lowest BCUT2D eigenvalue weighted by atomic mass is 10.1. The van der Waals surface area contributed by atoms with Crippen molar-refractivity contribution in [1.29, 1.82) is 0 Å². The molecule has 1 N–H and O–H groups in total. The van der Waals surface area contributed by atoms with Crippen LogP contribution in [0, 0.1) is 0 Å². The standard InChI is InChI=1S/C8H16N2O3S/c1-8(2,6-14(3,12)13)10-5-4-9-7(10)11/h4-6H2,1-3H3,(H,9,11). The SMILES string of the molecule is CC(C)(CS(C)(=O)=O)N1CCNC1=O. The third kappa shape index (κ3) is 2.60. The van der Waals surface area contributed by atoms with E-state index >= 15 is 0 Å². The number of nitrogens with zero attached hydrogens (tertiary/aromatic N) is 1. The zero-order valence-corrected chi connectivity index (χ0v) is 9.52. The average Bonchev–Trinajstić information content (AvgIpc) is 2.29. The molecule has 0 unspecified atom stereocenters. The van der Waals surface area contributed by atoms with Gasteiger partial charge in [-0.15, -0.1) is 0 Å². The third-order valence-electron chi connectivity index (χ3n) is 2.20. The molecule has 0 bridgehead atoms. The monoisotopic (exact) mass is 220 g/mol. The Labute approximate surface area is 84.4 Å². The molecule has 0 radical (unpaired) electrons. The lowest BCUT2D eigenvalue weighted by Crippen LogP contribution is -2.50. The number of amides is 2. The minimum atomic E-state index is -3.06. The Kier molecular flexibility index (Phi) is 2.76. The number of hydrogen-bond donors (Lipinski definition) is 1. The first-order valence-electron chi connectivity index (χ1n) is 4.45. The highest BCUT2D eigenvalue weighted by Crippen LogP contribution is 2.18. The maximum absolute atomic E-state index is 11.3. The van der Waals surface area contributed by atoms with Crippen LogP contribution in [0.1, 0.15) is 13.8 Å². The first kappa shape index (κ1) is 11.3. The molecule has 0 aliphatic carbocycles. The number of sulfone groups is 1. The molecule has 1 fully saturated rings. The van der Waals surface area contributed by atoms with E-state index in [9.17, 15) is 13.2 Å². The zero-order chi connectivity index (χ0) is 11.0. The van der Waals surface area contributed by atoms with Crippen LogP contribution < -0.4 is 5.32 Å². The van der Waals surface area contributed by atoms with Gasteiger partial charge in [-0.2, -0.15) is 0 Å². The predicted molar refractivity (Wildman–Crippen MR) is 53.9 cm³/mol. The smallest absolute Gasteiger partial charge is 0.317 e. The maximum atomic E-state index is 11.3. The molecule has 14 heavy (non-hydrogen) atoms. The summed E-state index contributed by atoms with van der Waals surface area (Å²) in [7, 11) is -3.06. The van der Waals surface area contributed by atoms with Crippen molar-refractivity contribution < 1.29 is 13.2 Å². The fourth-order valence-corrected chi connectivity index (χ4v) is 3.21. The molecule has 0 spiro atoms. The van der Waals surface area contributed by atoms with Gasteiger partial charge in [-0.05, 0) is 13.8 Å². The minimum absolute atomic E-state index is 0.00653. The molecular weight excluding hydrogens is 204 g/mol. The van der Waals surface area contributed by atoms with Crippen molar-refractivity contribution in [3.63, 3.8) is 0 Å². The van der Waals surface area contributed by atoms with Crippen molar-refractivity contribution in [2.45, 2.75) is 19.4 Å². The van der Waals surface area contributed by atoms with E-state index in [1.165, 1.54) is 6.26 Å². The van der Waals surface area contributed by atoms with E-state index in [1.807, 2.05) is 0 Å². The number of rotatable bonds is 3. The number of hydrogen-bond acceptors (Lipinski definition) is 3. The Hall–Kier alpha value is -0.780. The van der Waals surface area contributed by atoms with Gasteiger partial charge in [-0.3, -0.25) is 0 Å². The molecule has 0 aromatic heterocycles. The van der Waals surface area contributed by atoms with Gasteiger partial charge in [0.2, 0.25) is 0 Å². The summed E-state index contributed by atoms with van der Waals surface area (Å²) in [4.78, 5) is 12.9. The van der Waals surface area contributed by atoms with E-state index in [4.69, 9.17) is 0 Å². The molecule has 1 heterocycles. The Morgan fingerprint density at radius 2 is 2.07 bits per heavy atom. The summed E-state index contributed by atoms with van der Waals surface area (Å²) < 4.78 is 22.3. The van der Waals surface area contributed by atoms with Crippen LogP contribution in [-0.2, 0) is 9.84 Å². The van der Waals surface area contributed by atoms with Crippen molar-refractivity contribution in [2.24, 2.45) is 0 Å². The lowest BCUT2D eigenvalue weighted by Gasteiger charge is -2.33. The predicted octanol–water partition coefficient (Wildman–Crippen LogP) is -0.165. The summed E-state index contributed by atoms with van der Waals surface area (Å²) in [6.45, 7) is 4.69. The normalized spacial score (nSPS) is 18.5. The van der Waals surface area contributed by atoms with E-state index < -0.39 is 15.4 Å². The maximum Gasteiger partial charge on any atom is 0.317 e. The van der Waals surface area contributed by atoms with Crippen LogP contribution >= 0.6 is 0 Å². The van der Waals surface area contributed by atoms with Crippen LogP contribution in [0.4, 0.5) is 4.79 Å². The molecule has 0 atom stereocenters. The summed E-state index contributed by atoms with van der Waals surface area (Å²) in [6, 6.07) is -0.182. The van der Waals surface area contributed by atoms with Crippen molar-refractivity contribution in [1.82, 2.24) is 10.2 Å². The fraction of sp³-hybridized carbons (Fsp3) is 0.875. The van der Waals surface area contributed by atoms with Gasteiger partial charge in [0.05, 0.1) is 11.3 Å². The van der Waals surface area contributed by atoms with Gasteiger partial charge in [0.25, 0.3) is 0 Å². The van der Waals surface area contributed by atoms with Crippen LogP contribution in [-0.4, -0.2) is 50.0 Å². The summed E-state index contributed by atoms with van der Waals surface area (Å²) in [5, 5.41) is 2.65. The molecule has 0 saturated carbocycles. The first-order valence-corrected chi connectivity index (χ1v) is 6.52. The average molecular weight is 220 g/mol. The third-order valence-corrected chi connectivity index (χ3v) is 3.43. The Bertz CT molecular complexity index is 334. The molecule has 1 aliphatic heterocycles. The molecule has 5 nitrogen and oxygen atoms in total. The Balaban J connectivity index is 2.79. The van der Waals surface area contributed by atoms with Gasteiger partial charge in [-0.25, -0.2) is 13.2 Å². The Morgan fingerprint density at radius 1 is 1.50 bits per heavy atom. The second kappa shape index (κ2) is 3.42. The molecule has 1 rings (SSSR count). The van der Waals surface area contributed by atoms with Gasteiger partial charge in [0, 0.05) is 19.3 Å². The quantitative estimate of drug-likeness (QED) is 0.718. The number of urea groups is 1. The van der Waals surface area contributed by atoms with Crippen molar-refractivity contribution >= 4 is 15.9 Å². The second-order valence-corrected chi connectivity index (χ2v) is 6.41. The molecule has 1 aliphatic rings. The van der Waals surface area contributed by atoms with Crippen molar-refractivity contribution in [3.8, 4) is 0 Å². The first-order chi connectivity index (χ1) is 6.22. The van der Waals surface area contributed by atoms with Gasteiger partial charge in [0.1, 0.15) is 9.84 Å². The van der Waals surface area contributed by atoms with E-state index in [0.29, 0.717) is 13.1 Å². The highest BCUT2D eigenvalue weighted by molar-refractivity contribution is 7.90. The minimum Gasteiger partial charge on any atom is -0.336 e. The Morgan fingerprint density at radius 3 is 2.43 bits per heavy atom. The second-order valence-electron chi connectivity index (χ2n) is 4.27. The van der Waals surface area contributed by atoms with Crippen LogP contribution in [0.25, 0.3) is 0 Å². The number of carbonyl (C=O) groups is 1. The van der Waals surface area contributed by atoms with Gasteiger partial charge in [-0.1, -0.05) is 0 Å². The summed E-state index contributed by atoms with van der Waals surface area (Å²) in [5.41, 5.74) is -0.631. The van der Waals surface area contributed by atoms with Crippen LogP contribution in [0.2, 0.25) is 0 Å². The molecule has 82 valence electrons. The zero-order valence-electron chi connectivity index (χ0n) is 8.70. The van der Waals surface area contributed by atoms with Crippen LogP contribution in [0.5, 0.6) is 0 Å². The highest BCUT2D eigenvalue weighted by Gasteiger charge is 2.36. The van der Waals surface area contributed by atoms with E-state index in [2.05, 4.69) is 5.32 Å². The van der Waals surface area contributed by atoms with Crippen LogP contribution in [0.3, 0.4) is 0 Å². The summed E-state index contributed by atoms with van der Waals surface area (Å²) >= 11 is 0. The molecule has 2 amide bonds. The molecule has 1 saturated heterocycles. The lowest BCUT2D eigenvalue weighted by molar-refractivity contribution is 0.172. The number of nitrogens with one attached hydrogen (secondary N) is 1. The van der Waals surface area contributed by atoms with Crippen molar-refractivity contribution in [3.05, 3.63) is 0 Å². The van der Waals surface area contributed by atoms with Crippen LogP contribution in [0.15, 0.2) is 0 Å². The highest BCUT2D eigenvalue weighted by atomic mass is 32.2. The molecule has 6 heteroatoms. The van der Waals surface area contributed by atoms with E-state index in [1.54, 1.807) is 18.7 Å². The topological polar surface area (TPSA) is 66.5 Å². The number of carbonyl (C=O) groups excluding carboxylic acids is 1. The fourth-order valence-electron chi connectivity index (χ4n) is 1.77. The van der Waals surface area contributed by atoms with E-state index in [0.717, 1.165) is 0 Å². The molecule has 0 aromatic carbocycles. The van der Waals surface area contributed by atoms with Gasteiger partial charge >= 0.3 is 6.03 Å².